The second kappa shape index (κ2) is 6.32. The zero-order valence-electron chi connectivity index (χ0n) is 13.6. The minimum atomic E-state index is -4.30. The number of halogens is 3. The Labute approximate surface area is 138 Å². The summed E-state index contributed by atoms with van der Waals surface area (Å²) >= 11 is 0. The Morgan fingerprint density at radius 3 is 2.25 bits per heavy atom. The number of benzene rings is 2. The van der Waals surface area contributed by atoms with Crippen molar-refractivity contribution in [2.75, 3.05) is 20.6 Å². The van der Waals surface area contributed by atoms with Gasteiger partial charge in [-0.2, -0.15) is 13.2 Å². The molecule has 24 heavy (non-hydrogen) atoms. The first-order valence-electron chi connectivity index (χ1n) is 7.77. The summed E-state index contributed by atoms with van der Waals surface area (Å²) in [4.78, 5) is 5.38. The molecule has 1 aromatic heterocycles. The summed E-state index contributed by atoms with van der Waals surface area (Å²) < 4.78 is 38.1. The van der Waals surface area contributed by atoms with Gasteiger partial charge in [-0.25, -0.2) is 0 Å². The molecule has 0 radical (unpaired) electrons. The summed E-state index contributed by atoms with van der Waals surface area (Å²) in [5, 5.41) is 1.12. The maximum atomic E-state index is 12.7. The van der Waals surface area contributed by atoms with Gasteiger partial charge in [-0.05, 0) is 61.5 Å². The molecule has 1 N–H and O–H groups in total. The zero-order chi connectivity index (χ0) is 17.3. The van der Waals surface area contributed by atoms with Crippen molar-refractivity contribution in [1.29, 1.82) is 0 Å². The minimum Gasteiger partial charge on any atom is -0.361 e. The van der Waals surface area contributed by atoms with Crippen LogP contribution >= 0.6 is 0 Å². The third-order valence-corrected chi connectivity index (χ3v) is 4.14. The zero-order valence-corrected chi connectivity index (χ0v) is 13.6. The molecule has 0 aliphatic heterocycles. The van der Waals surface area contributed by atoms with Gasteiger partial charge in [-0.1, -0.05) is 18.2 Å². The first kappa shape index (κ1) is 16.6. The molecule has 3 aromatic rings. The van der Waals surface area contributed by atoms with Crippen molar-refractivity contribution in [1.82, 2.24) is 9.88 Å². The van der Waals surface area contributed by atoms with E-state index in [0.717, 1.165) is 47.1 Å². The van der Waals surface area contributed by atoms with Gasteiger partial charge in [0.05, 0.1) is 5.56 Å². The van der Waals surface area contributed by atoms with E-state index in [1.807, 2.05) is 38.5 Å². The first-order chi connectivity index (χ1) is 11.3. The molecule has 3 rings (SSSR count). The smallest absolute Gasteiger partial charge is 0.361 e. The molecule has 0 unspecified atom stereocenters. The number of likely N-dealkylation sites (N-methyl/N-ethyl adjacent to an activating group) is 1. The fraction of sp³-hybridized carbons (Fsp3) is 0.263. The molecule has 0 aliphatic rings. The van der Waals surface area contributed by atoms with Crippen LogP contribution in [0, 0.1) is 0 Å². The predicted octanol–water partition coefficient (Wildman–Crippen LogP) is 4.96. The standard InChI is InChI=1S/C19H19F3N2/c1-24(2)10-9-15-12-23-18-8-5-14(11-17(15)18)13-3-6-16(7-4-13)19(20,21)22/h3-8,11-12,23H,9-10H2,1-2H3. The van der Waals surface area contributed by atoms with Crippen molar-refractivity contribution in [2.24, 2.45) is 0 Å². The monoisotopic (exact) mass is 332 g/mol. The van der Waals surface area contributed by atoms with E-state index in [4.69, 9.17) is 0 Å². The van der Waals surface area contributed by atoms with Crippen molar-refractivity contribution < 1.29 is 13.2 Å². The highest BCUT2D eigenvalue weighted by Gasteiger charge is 2.29. The summed E-state index contributed by atoms with van der Waals surface area (Å²) in [6, 6.07) is 11.2. The van der Waals surface area contributed by atoms with E-state index in [2.05, 4.69) is 9.88 Å². The number of aromatic amines is 1. The van der Waals surface area contributed by atoms with Gasteiger partial charge in [-0.15, -0.1) is 0 Å². The maximum Gasteiger partial charge on any atom is 0.416 e. The van der Waals surface area contributed by atoms with E-state index in [1.54, 1.807) is 0 Å². The van der Waals surface area contributed by atoms with Gasteiger partial charge in [0.1, 0.15) is 0 Å². The largest absolute Gasteiger partial charge is 0.416 e. The molecule has 0 fully saturated rings. The molecule has 5 heteroatoms. The number of hydrogen-bond donors (Lipinski definition) is 1. The Balaban J connectivity index is 1.93. The van der Waals surface area contributed by atoms with Gasteiger partial charge in [0, 0.05) is 23.6 Å². The van der Waals surface area contributed by atoms with Crippen LogP contribution in [-0.2, 0) is 12.6 Å². The van der Waals surface area contributed by atoms with Crippen LogP contribution in [0.5, 0.6) is 0 Å². The SMILES string of the molecule is CN(C)CCc1c[nH]c2ccc(-c3ccc(C(F)(F)F)cc3)cc12. The lowest BCUT2D eigenvalue weighted by Gasteiger charge is -2.09. The number of nitrogens with one attached hydrogen (secondary N) is 1. The molecule has 0 amide bonds. The lowest BCUT2D eigenvalue weighted by atomic mass is 10.0. The van der Waals surface area contributed by atoms with Crippen molar-refractivity contribution >= 4 is 10.9 Å². The fourth-order valence-electron chi connectivity index (χ4n) is 2.76. The Bertz CT molecular complexity index is 830. The average Bonchev–Trinajstić information content (AvgIpc) is 2.94. The summed E-state index contributed by atoms with van der Waals surface area (Å²) in [6.45, 7) is 0.942. The second-order valence-electron chi connectivity index (χ2n) is 6.20. The Morgan fingerprint density at radius 2 is 1.62 bits per heavy atom. The Kier molecular flexibility index (Phi) is 4.37. The van der Waals surface area contributed by atoms with Crippen LogP contribution in [-0.4, -0.2) is 30.5 Å². The minimum absolute atomic E-state index is 0.624. The van der Waals surface area contributed by atoms with Gasteiger partial charge in [-0.3, -0.25) is 0 Å². The van der Waals surface area contributed by atoms with Gasteiger partial charge in [0.25, 0.3) is 0 Å². The van der Waals surface area contributed by atoms with E-state index in [-0.39, 0.29) is 0 Å². The predicted molar refractivity (Wildman–Crippen MR) is 91.0 cm³/mol. The molecule has 0 atom stereocenters. The third-order valence-electron chi connectivity index (χ3n) is 4.14. The van der Waals surface area contributed by atoms with E-state index in [1.165, 1.54) is 17.7 Å². The number of aromatic nitrogens is 1. The lowest BCUT2D eigenvalue weighted by molar-refractivity contribution is -0.137. The molecule has 1 heterocycles. The van der Waals surface area contributed by atoms with Crippen molar-refractivity contribution in [3.63, 3.8) is 0 Å². The maximum absolute atomic E-state index is 12.7. The van der Waals surface area contributed by atoms with Crippen molar-refractivity contribution in [2.45, 2.75) is 12.6 Å². The topological polar surface area (TPSA) is 19.0 Å². The van der Waals surface area contributed by atoms with Crippen LogP contribution in [0.4, 0.5) is 13.2 Å². The van der Waals surface area contributed by atoms with E-state index < -0.39 is 11.7 Å². The number of alkyl halides is 3. The summed E-state index contributed by atoms with van der Waals surface area (Å²) in [6.07, 6.45) is -1.38. The molecule has 2 nitrogen and oxygen atoms in total. The van der Waals surface area contributed by atoms with Crippen LogP contribution in [0.15, 0.2) is 48.7 Å². The highest BCUT2D eigenvalue weighted by molar-refractivity contribution is 5.88. The second-order valence-corrected chi connectivity index (χ2v) is 6.20. The fourth-order valence-corrected chi connectivity index (χ4v) is 2.76. The highest BCUT2D eigenvalue weighted by atomic mass is 19.4. The molecule has 126 valence electrons. The molecular weight excluding hydrogens is 313 g/mol. The van der Waals surface area contributed by atoms with Gasteiger partial charge >= 0.3 is 6.18 Å². The van der Waals surface area contributed by atoms with Crippen molar-refractivity contribution in [3.05, 3.63) is 59.8 Å². The first-order valence-corrected chi connectivity index (χ1v) is 7.77. The Hall–Kier alpha value is -2.27. The normalized spacial score (nSPS) is 12.2. The van der Waals surface area contributed by atoms with Crippen LogP contribution in [0.25, 0.3) is 22.0 Å². The molecule has 0 spiro atoms. The summed E-state index contributed by atoms with van der Waals surface area (Å²) in [5.74, 6) is 0. The van der Waals surface area contributed by atoms with Gasteiger partial charge in [0.2, 0.25) is 0 Å². The molecule has 0 bridgehead atoms. The Morgan fingerprint density at radius 1 is 0.958 bits per heavy atom. The molecule has 2 aromatic carbocycles. The molecular formula is C19H19F3N2. The number of H-pyrrole nitrogens is 1. The average molecular weight is 332 g/mol. The van der Waals surface area contributed by atoms with E-state index >= 15 is 0 Å². The van der Waals surface area contributed by atoms with Crippen LogP contribution in [0.3, 0.4) is 0 Å². The molecule has 0 aliphatic carbocycles. The van der Waals surface area contributed by atoms with Crippen molar-refractivity contribution in [3.8, 4) is 11.1 Å². The number of hydrogen-bond acceptors (Lipinski definition) is 1. The number of fused-ring (bicyclic) bond motifs is 1. The quantitative estimate of drug-likeness (QED) is 0.715. The summed E-state index contributed by atoms with van der Waals surface area (Å²) in [5.41, 5.74) is 3.33. The lowest BCUT2D eigenvalue weighted by Crippen LogP contribution is -2.14. The van der Waals surface area contributed by atoms with E-state index in [9.17, 15) is 13.2 Å². The summed E-state index contributed by atoms with van der Waals surface area (Å²) in [7, 11) is 4.06. The number of nitrogens with zero attached hydrogens (tertiary/aromatic N) is 1. The van der Waals surface area contributed by atoms with Crippen LogP contribution < -0.4 is 0 Å². The van der Waals surface area contributed by atoms with Gasteiger partial charge in [0.15, 0.2) is 0 Å². The van der Waals surface area contributed by atoms with Gasteiger partial charge < -0.3 is 9.88 Å². The van der Waals surface area contributed by atoms with Crippen LogP contribution in [0.2, 0.25) is 0 Å². The number of rotatable bonds is 4. The third kappa shape index (κ3) is 3.46. The van der Waals surface area contributed by atoms with E-state index in [0.29, 0.717) is 0 Å². The molecule has 0 saturated heterocycles. The molecule has 0 saturated carbocycles. The highest BCUT2D eigenvalue weighted by Crippen LogP contribution is 2.32. The van der Waals surface area contributed by atoms with Crippen LogP contribution in [0.1, 0.15) is 11.1 Å².